The van der Waals surface area contributed by atoms with E-state index in [1.54, 1.807) is 12.3 Å². The van der Waals surface area contributed by atoms with Crippen LogP contribution < -0.4 is 0 Å². The molecule has 6 heteroatoms. The second-order valence-corrected chi connectivity index (χ2v) is 5.94. The molecule has 0 aromatic carbocycles. The van der Waals surface area contributed by atoms with Crippen molar-refractivity contribution < 1.29 is 14.3 Å². The fraction of sp³-hybridized carbons (Fsp3) is 0.538. The van der Waals surface area contributed by atoms with Crippen molar-refractivity contribution in [3.63, 3.8) is 0 Å². The van der Waals surface area contributed by atoms with Gasteiger partial charge >= 0.3 is 5.97 Å². The maximum atomic E-state index is 11.5. The van der Waals surface area contributed by atoms with E-state index in [1.165, 1.54) is 7.11 Å². The number of pyridine rings is 1. The molecule has 104 valence electrons. The lowest BCUT2D eigenvalue weighted by atomic mass is 10.2. The van der Waals surface area contributed by atoms with Crippen molar-refractivity contribution in [1.29, 1.82) is 0 Å². The minimum absolute atomic E-state index is 0.187. The Balaban J connectivity index is 1.98. The maximum absolute atomic E-state index is 11.5. The van der Waals surface area contributed by atoms with Gasteiger partial charge < -0.3 is 9.47 Å². The monoisotopic (exact) mass is 301 g/mol. The predicted octanol–water partition coefficient (Wildman–Crippen LogP) is 2.93. The summed E-state index contributed by atoms with van der Waals surface area (Å²) in [7, 11) is 1.34. The predicted molar refractivity (Wildman–Crippen MR) is 75.7 cm³/mol. The number of esters is 1. The van der Waals surface area contributed by atoms with Crippen LogP contribution in [0.4, 0.5) is 0 Å². The summed E-state index contributed by atoms with van der Waals surface area (Å²) in [6, 6.07) is 1.76. The van der Waals surface area contributed by atoms with Crippen LogP contribution in [-0.2, 0) is 15.2 Å². The summed E-state index contributed by atoms with van der Waals surface area (Å²) in [5.41, 5.74) is 1.32. The van der Waals surface area contributed by atoms with E-state index in [1.807, 2.05) is 11.8 Å². The van der Waals surface area contributed by atoms with E-state index in [4.69, 9.17) is 16.3 Å². The Kier molecular flexibility index (Phi) is 5.48. The van der Waals surface area contributed by atoms with Gasteiger partial charge in [0.1, 0.15) is 5.15 Å². The molecule has 2 rings (SSSR count). The number of thioether (sulfide) groups is 1. The maximum Gasteiger partial charge on any atom is 0.341 e. The molecule has 1 saturated heterocycles. The number of ether oxygens (including phenoxy) is 2. The van der Waals surface area contributed by atoms with Gasteiger partial charge in [-0.2, -0.15) is 11.8 Å². The van der Waals surface area contributed by atoms with Gasteiger partial charge in [0, 0.05) is 30.4 Å². The average molecular weight is 302 g/mol. The molecule has 4 nitrogen and oxygen atoms in total. The molecule has 0 aliphatic carbocycles. The van der Waals surface area contributed by atoms with Crippen molar-refractivity contribution in [2.24, 2.45) is 0 Å². The first-order valence-corrected chi connectivity index (χ1v) is 7.55. The van der Waals surface area contributed by atoms with Gasteiger partial charge in [-0.05, 0) is 24.5 Å². The highest BCUT2D eigenvalue weighted by Crippen LogP contribution is 2.26. The van der Waals surface area contributed by atoms with E-state index in [-0.39, 0.29) is 5.15 Å². The lowest BCUT2D eigenvalue weighted by Crippen LogP contribution is -2.17. The van der Waals surface area contributed by atoms with E-state index in [0.29, 0.717) is 10.8 Å². The van der Waals surface area contributed by atoms with Gasteiger partial charge in [-0.25, -0.2) is 9.78 Å². The first kappa shape index (κ1) is 14.6. The number of carbonyl (C=O) groups is 1. The Morgan fingerprint density at radius 1 is 1.58 bits per heavy atom. The zero-order chi connectivity index (χ0) is 13.7. The number of aromatic nitrogens is 1. The minimum atomic E-state index is -0.449. The van der Waals surface area contributed by atoms with E-state index in [9.17, 15) is 4.79 Å². The van der Waals surface area contributed by atoms with E-state index >= 15 is 0 Å². The molecule has 0 atom stereocenters. The van der Waals surface area contributed by atoms with Crippen molar-refractivity contribution >= 4 is 29.3 Å². The SMILES string of the molecule is COC(=O)c1cc(CSC2CCOCC2)cnc1Cl. The molecule has 0 amide bonds. The second-order valence-electron chi connectivity index (χ2n) is 4.30. The zero-order valence-electron chi connectivity index (χ0n) is 10.7. The number of hydrogen-bond acceptors (Lipinski definition) is 5. The van der Waals surface area contributed by atoms with Gasteiger partial charge in [-0.3, -0.25) is 0 Å². The highest BCUT2D eigenvalue weighted by Gasteiger charge is 2.16. The Bertz CT molecular complexity index is 450. The van der Waals surface area contributed by atoms with Crippen molar-refractivity contribution in [2.75, 3.05) is 20.3 Å². The zero-order valence-corrected chi connectivity index (χ0v) is 12.3. The topological polar surface area (TPSA) is 48.4 Å². The third kappa shape index (κ3) is 4.09. The molecule has 1 aromatic rings. The summed E-state index contributed by atoms with van der Waals surface area (Å²) in [6.45, 7) is 1.67. The summed E-state index contributed by atoms with van der Waals surface area (Å²) in [5.74, 6) is 0.370. The van der Waals surface area contributed by atoms with Gasteiger partial charge in [0.2, 0.25) is 0 Å². The molecule has 0 unspecified atom stereocenters. The fourth-order valence-electron chi connectivity index (χ4n) is 1.88. The van der Waals surface area contributed by atoms with Gasteiger partial charge in [0.05, 0.1) is 12.7 Å². The highest BCUT2D eigenvalue weighted by atomic mass is 35.5. The number of methoxy groups -OCH3 is 1. The smallest absolute Gasteiger partial charge is 0.341 e. The van der Waals surface area contributed by atoms with E-state index in [2.05, 4.69) is 9.72 Å². The van der Waals surface area contributed by atoms with Crippen LogP contribution in [0.5, 0.6) is 0 Å². The van der Waals surface area contributed by atoms with Crippen LogP contribution in [0.3, 0.4) is 0 Å². The van der Waals surface area contributed by atoms with Crippen LogP contribution in [0.1, 0.15) is 28.8 Å². The summed E-state index contributed by atoms with van der Waals surface area (Å²) >= 11 is 7.75. The van der Waals surface area contributed by atoms with Gasteiger partial charge in [-0.15, -0.1) is 0 Å². The third-order valence-corrected chi connectivity index (χ3v) is 4.70. The van der Waals surface area contributed by atoms with Gasteiger partial charge in [-0.1, -0.05) is 11.6 Å². The first-order valence-electron chi connectivity index (χ1n) is 6.13. The average Bonchev–Trinajstić information content (AvgIpc) is 2.46. The third-order valence-electron chi connectivity index (χ3n) is 2.96. The Morgan fingerprint density at radius 3 is 3.00 bits per heavy atom. The van der Waals surface area contributed by atoms with Crippen LogP contribution in [0.25, 0.3) is 0 Å². The fourth-order valence-corrected chi connectivity index (χ4v) is 3.17. The number of hydrogen-bond donors (Lipinski definition) is 0. The second kappa shape index (κ2) is 7.12. The molecule has 0 saturated carbocycles. The molecule has 19 heavy (non-hydrogen) atoms. The summed E-state index contributed by atoms with van der Waals surface area (Å²) < 4.78 is 10.0. The molecule has 0 bridgehead atoms. The first-order chi connectivity index (χ1) is 9.20. The molecule has 1 aromatic heterocycles. The molecule has 1 aliphatic rings. The molecular weight excluding hydrogens is 286 g/mol. The Labute approximate surface area is 121 Å². The quantitative estimate of drug-likeness (QED) is 0.632. The summed E-state index contributed by atoms with van der Waals surface area (Å²) in [6.07, 6.45) is 3.87. The van der Waals surface area contributed by atoms with Crippen LogP contribution in [0.2, 0.25) is 5.15 Å². The number of halogens is 1. The van der Waals surface area contributed by atoms with Crippen LogP contribution >= 0.6 is 23.4 Å². The van der Waals surface area contributed by atoms with Crippen LogP contribution in [0.15, 0.2) is 12.3 Å². The van der Waals surface area contributed by atoms with Gasteiger partial charge in [0.15, 0.2) is 0 Å². The van der Waals surface area contributed by atoms with E-state index < -0.39 is 5.97 Å². The Hall–Kier alpha value is -0.780. The van der Waals surface area contributed by atoms with Crippen LogP contribution in [-0.4, -0.2) is 36.5 Å². The largest absolute Gasteiger partial charge is 0.465 e. The molecule has 1 aliphatic heterocycles. The molecule has 0 N–H and O–H groups in total. The normalized spacial score (nSPS) is 16.3. The summed E-state index contributed by atoms with van der Waals surface area (Å²) in [4.78, 5) is 15.6. The van der Waals surface area contributed by atoms with Gasteiger partial charge in [0.25, 0.3) is 0 Å². The molecule has 2 heterocycles. The standard InChI is InChI=1S/C13H16ClNO3S/c1-17-13(16)11-6-9(7-15-12(11)14)8-19-10-2-4-18-5-3-10/h6-7,10H,2-5,8H2,1H3. The Morgan fingerprint density at radius 2 is 2.32 bits per heavy atom. The van der Waals surface area contributed by atoms with E-state index in [0.717, 1.165) is 37.4 Å². The molecular formula is C13H16ClNO3S. The highest BCUT2D eigenvalue weighted by molar-refractivity contribution is 7.99. The lowest BCUT2D eigenvalue weighted by molar-refractivity contribution is 0.0600. The molecule has 0 radical (unpaired) electrons. The van der Waals surface area contributed by atoms with Crippen LogP contribution in [0, 0.1) is 0 Å². The summed E-state index contributed by atoms with van der Waals surface area (Å²) in [5, 5.41) is 0.803. The van der Waals surface area contributed by atoms with Crippen molar-refractivity contribution in [3.8, 4) is 0 Å². The van der Waals surface area contributed by atoms with Crippen molar-refractivity contribution in [3.05, 3.63) is 28.5 Å². The molecule has 0 spiro atoms. The number of carbonyl (C=O) groups excluding carboxylic acids is 1. The lowest BCUT2D eigenvalue weighted by Gasteiger charge is -2.21. The minimum Gasteiger partial charge on any atom is -0.465 e. The number of nitrogens with zero attached hydrogens (tertiary/aromatic N) is 1. The van der Waals surface area contributed by atoms with Crippen molar-refractivity contribution in [2.45, 2.75) is 23.8 Å². The number of rotatable bonds is 4. The molecule has 1 fully saturated rings. The van der Waals surface area contributed by atoms with Crippen molar-refractivity contribution in [1.82, 2.24) is 4.98 Å².